The van der Waals surface area contributed by atoms with Crippen molar-refractivity contribution in [2.75, 3.05) is 30.8 Å². The molecule has 1 unspecified atom stereocenters. The number of nitrogens with zero attached hydrogens (tertiary/aromatic N) is 2. The summed E-state index contributed by atoms with van der Waals surface area (Å²) in [5.74, 6) is -0.354. The average molecular weight is 545 g/mol. The fraction of sp³-hybridized carbons (Fsp3) is 0.417. The van der Waals surface area contributed by atoms with Crippen LogP contribution in [0.1, 0.15) is 32.3 Å². The van der Waals surface area contributed by atoms with E-state index in [1.807, 2.05) is 6.92 Å². The molecule has 35 heavy (non-hydrogen) atoms. The molecule has 8 nitrogen and oxygen atoms in total. The lowest BCUT2D eigenvalue weighted by atomic mass is 10.1. The molecule has 0 spiro atoms. The van der Waals surface area contributed by atoms with Gasteiger partial charge in [0.05, 0.1) is 19.1 Å². The highest BCUT2D eigenvalue weighted by Crippen LogP contribution is 2.25. The molecule has 0 aromatic heterocycles. The van der Waals surface area contributed by atoms with Gasteiger partial charge in [0.25, 0.3) is 0 Å². The van der Waals surface area contributed by atoms with E-state index >= 15 is 0 Å². The molecule has 1 atom stereocenters. The number of hydrogen-bond acceptors (Lipinski definition) is 5. The van der Waals surface area contributed by atoms with Crippen LogP contribution in [0.15, 0.2) is 42.5 Å². The van der Waals surface area contributed by atoms with Gasteiger partial charge >= 0.3 is 0 Å². The number of halogens is 2. The molecule has 0 heterocycles. The molecule has 2 rings (SSSR count). The van der Waals surface area contributed by atoms with E-state index in [0.717, 1.165) is 23.4 Å². The number of benzene rings is 2. The standard InChI is InChI=1S/C24H31Cl2N3O5S/c1-5-6-13-27-24(31)17(2)28(15-18-7-8-19(25)14-22(18)26)23(30)16-29(35(4,32)33)20-9-11-21(34-3)12-10-20/h7-12,14,17H,5-6,13,15-16H2,1-4H3,(H,27,31). The fourth-order valence-corrected chi connectivity index (χ4v) is 4.63. The van der Waals surface area contributed by atoms with Crippen LogP contribution in [0.5, 0.6) is 5.75 Å². The molecule has 0 aliphatic heterocycles. The number of unbranched alkanes of at least 4 members (excludes halogenated alkanes) is 1. The van der Waals surface area contributed by atoms with Crippen molar-refractivity contribution in [3.8, 4) is 5.75 Å². The van der Waals surface area contributed by atoms with E-state index in [4.69, 9.17) is 27.9 Å². The number of ether oxygens (including phenoxy) is 1. The summed E-state index contributed by atoms with van der Waals surface area (Å²) >= 11 is 12.3. The molecule has 11 heteroatoms. The van der Waals surface area contributed by atoms with E-state index in [2.05, 4.69) is 5.32 Å². The molecule has 0 aliphatic rings. The van der Waals surface area contributed by atoms with E-state index in [-0.39, 0.29) is 12.5 Å². The number of carbonyl (C=O) groups is 2. The number of nitrogens with one attached hydrogen (secondary N) is 1. The molecule has 0 aliphatic carbocycles. The Bertz CT molecular complexity index is 1130. The monoisotopic (exact) mass is 543 g/mol. The maximum absolute atomic E-state index is 13.5. The van der Waals surface area contributed by atoms with E-state index in [0.29, 0.717) is 33.6 Å². The first-order chi connectivity index (χ1) is 16.5. The Kier molecular flexibility index (Phi) is 10.7. The van der Waals surface area contributed by atoms with Crippen LogP contribution in [0.2, 0.25) is 10.0 Å². The molecule has 1 N–H and O–H groups in total. The minimum Gasteiger partial charge on any atom is -0.497 e. The van der Waals surface area contributed by atoms with Crippen LogP contribution in [-0.4, -0.2) is 57.6 Å². The number of carbonyl (C=O) groups excluding carboxylic acids is 2. The number of amides is 2. The predicted octanol–water partition coefficient (Wildman–Crippen LogP) is 4.10. The van der Waals surface area contributed by atoms with Gasteiger partial charge in [-0.25, -0.2) is 8.42 Å². The molecule has 2 aromatic carbocycles. The number of hydrogen-bond donors (Lipinski definition) is 1. The van der Waals surface area contributed by atoms with Crippen LogP contribution in [0.3, 0.4) is 0 Å². The summed E-state index contributed by atoms with van der Waals surface area (Å²) in [6, 6.07) is 10.3. The van der Waals surface area contributed by atoms with E-state index in [1.165, 1.54) is 12.0 Å². The van der Waals surface area contributed by atoms with Gasteiger partial charge in [-0.2, -0.15) is 0 Å². The molecule has 2 aromatic rings. The number of anilines is 1. The smallest absolute Gasteiger partial charge is 0.244 e. The summed E-state index contributed by atoms with van der Waals surface area (Å²) in [5.41, 5.74) is 0.874. The van der Waals surface area contributed by atoms with Crippen LogP contribution < -0.4 is 14.4 Å². The molecule has 0 bridgehead atoms. The van der Waals surface area contributed by atoms with Crippen molar-refractivity contribution >= 4 is 50.7 Å². The van der Waals surface area contributed by atoms with Crippen molar-refractivity contribution in [1.82, 2.24) is 10.2 Å². The van der Waals surface area contributed by atoms with Gasteiger partial charge in [0.2, 0.25) is 21.8 Å². The summed E-state index contributed by atoms with van der Waals surface area (Å²) < 4.78 is 31.3. The van der Waals surface area contributed by atoms with Crippen LogP contribution in [0, 0.1) is 0 Å². The third-order valence-corrected chi connectivity index (χ3v) is 7.12. The predicted molar refractivity (Wildman–Crippen MR) is 140 cm³/mol. The Hall–Kier alpha value is -2.49. The summed E-state index contributed by atoms with van der Waals surface area (Å²) in [4.78, 5) is 27.6. The maximum atomic E-state index is 13.5. The van der Waals surface area contributed by atoms with Crippen molar-refractivity contribution in [2.45, 2.75) is 39.3 Å². The second-order valence-electron chi connectivity index (χ2n) is 8.05. The largest absolute Gasteiger partial charge is 0.497 e. The molecule has 0 saturated heterocycles. The third-order valence-electron chi connectivity index (χ3n) is 5.39. The summed E-state index contributed by atoms with van der Waals surface area (Å²) in [6.45, 7) is 3.58. The highest BCUT2D eigenvalue weighted by molar-refractivity contribution is 7.92. The summed E-state index contributed by atoms with van der Waals surface area (Å²) in [6.07, 6.45) is 2.73. The first-order valence-electron chi connectivity index (χ1n) is 11.1. The quantitative estimate of drug-likeness (QED) is 0.406. The Balaban J connectivity index is 2.37. The van der Waals surface area contributed by atoms with E-state index in [9.17, 15) is 18.0 Å². The molecule has 0 fully saturated rings. The number of rotatable bonds is 12. The summed E-state index contributed by atoms with van der Waals surface area (Å²) in [7, 11) is -2.32. The second kappa shape index (κ2) is 13.0. The highest BCUT2D eigenvalue weighted by Gasteiger charge is 2.30. The van der Waals surface area contributed by atoms with E-state index < -0.39 is 28.5 Å². The minimum absolute atomic E-state index is 0.00257. The van der Waals surface area contributed by atoms with Crippen molar-refractivity contribution < 1.29 is 22.7 Å². The minimum atomic E-state index is -3.82. The second-order valence-corrected chi connectivity index (χ2v) is 10.8. The lowest BCUT2D eigenvalue weighted by Gasteiger charge is -2.31. The van der Waals surface area contributed by atoms with E-state index in [1.54, 1.807) is 49.4 Å². The lowest BCUT2D eigenvalue weighted by Crippen LogP contribution is -2.51. The van der Waals surface area contributed by atoms with Crippen LogP contribution in [-0.2, 0) is 26.2 Å². The lowest BCUT2D eigenvalue weighted by molar-refractivity contribution is -0.139. The Morgan fingerprint density at radius 3 is 2.31 bits per heavy atom. The zero-order valence-electron chi connectivity index (χ0n) is 20.3. The zero-order valence-corrected chi connectivity index (χ0v) is 22.6. The molecule has 0 radical (unpaired) electrons. The zero-order chi connectivity index (χ0) is 26.2. The maximum Gasteiger partial charge on any atom is 0.244 e. The Morgan fingerprint density at radius 2 is 1.77 bits per heavy atom. The number of methoxy groups -OCH3 is 1. The average Bonchev–Trinajstić information content (AvgIpc) is 2.81. The fourth-order valence-electron chi connectivity index (χ4n) is 3.31. The third kappa shape index (κ3) is 8.30. The molecular formula is C24H31Cl2N3O5S. The molecule has 0 saturated carbocycles. The highest BCUT2D eigenvalue weighted by atomic mass is 35.5. The Morgan fingerprint density at radius 1 is 1.11 bits per heavy atom. The van der Waals surface area contributed by atoms with Gasteiger partial charge in [-0.15, -0.1) is 0 Å². The van der Waals surface area contributed by atoms with Gasteiger partial charge in [0.15, 0.2) is 0 Å². The topological polar surface area (TPSA) is 96.0 Å². The van der Waals surface area contributed by atoms with Gasteiger partial charge in [0, 0.05) is 23.1 Å². The van der Waals surface area contributed by atoms with Gasteiger partial charge in [-0.1, -0.05) is 42.6 Å². The molecule has 2 amide bonds. The number of sulfonamides is 1. The Labute approximate surface area is 217 Å². The van der Waals surface area contributed by atoms with Crippen LogP contribution >= 0.6 is 23.2 Å². The van der Waals surface area contributed by atoms with Crippen molar-refractivity contribution in [3.63, 3.8) is 0 Å². The van der Waals surface area contributed by atoms with Gasteiger partial charge in [-0.05, 0) is 55.3 Å². The van der Waals surface area contributed by atoms with Gasteiger partial charge in [-0.3, -0.25) is 13.9 Å². The molecule has 192 valence electrons. The first kappa shape index (κ1) is 28.7. The van der Waals surface area contributed by atoms with Crippen molar-refractivity contribution in [2.24, 2.45) is 0 Å². The SMILES string of the molecule is CCCCNC(=O)C(C)N(Cc1ccc(Cl)cc1Cl)C(=O)CN(c1ccc(OC)cc1)S(C)(=O)=O. The van der Waals surface area contributed by atoms with Gasteiger partial charge < -0.3 is 15.0 Å². The van der Waals surface area contributed by atoms with Crippen molar-refractivity contribution in [3.05, 3.63) is 58.1 Å². The first-order valence-corrected chi connectivity index (χ1v) is 13.7. The van der Waals surface area contributed by atoms with Gasteiger partial charge in [0.1, 0.15) is 18.3 Å². The van der Waals surface area contributed by atoms with Crippen molar-refractivity contribution in [1.29, 1.82) is 0 Å². The normalized spacial score (nSPS) is 12.1. The van der Waals surface area contributed by atoms with Crippen LogP contribution in [0.4, 0.5) is 5.69 Å². The summed E-state index contributed by atoms with van der Waals surface area (Å²) in [5, 5.41) is 3.60. The molecular weight excluding hydrogens is 513 g/mol. The van der Waals surface area contributed by atoms with Crippen LogP contribution in [0.25, 0.3) is 0 Å².